The van der Waals surface area contributed by atoms with Crippen LogP contribution in [0.3, 0.4) is 0 Å². The summed E-state index contributed by atoms with van der Waals surface area (Å²) in [5.74, 6) is -3.17. The largest absolute Gasteiger partial charge is 0.507 e. The van der Waals surface area contributed by atoms with E-state index < -0.39 is 29.4 Å². The van der Waals surface area contributed by atoms with E-state index in [4.69, 9.17) is 9.47 Å². The molecule has 1 heterocycles. The lowest BCUT2D eigenvalue weighted by molar-refractivity contribution is -0.144. The lowest BCUT2D eigenvalue weighted by Crippen LogP contribution is -2.27. The molecule has 8 heteroatoms. The van der Waals surface area contributed by atoms with Crippen LogP contribution in [0.15, 0.2) is 12.1 Å². The van der Waals surface area contributed by atoms with E-state index in [1.165, 1.54) is 6.07 Å². The highest BCUT2D eigenvalue weighted by molar-refractivity contribution is 6.63. The quantitative estimate of drug-likeness (QED) is 0.432. The molecular weight excluding hydrogens is 390 g/mol. The predicted molar refractivity (Wildman–Crippen MR) is 109 cm³/mol. The Morgan fingerprint density at radius 3 is 2.50 bits per heavy atom. The number of carbonyl (C=O) groups excluding carboxylic acids is 4. The minimum Gasteiger partial charge on any atom is -0.507 e. The van der Waals surface area contributed by atoms with E-state index in [9.17, 15) is 24.3 Å². The number of hydrogen-bond acceptors (Lipinski definition) is 8. The van der Waals surface area contributed by atoms with Gasteiger partial charge in [0.1, 0.15) is 29.8 Å². The smallest absolute Gasteiger partial charge is 0.342 e. The van der Waals surface area contributed by atoms with E-state index in [0.29, 0.717) is 30.9 Å². The number of likely N-dealkylation sites (N-methyl/N-ethyl adjacent to an activating group) is 1. The number of hydrogen-bond donors (Lipinski definition) is 2. The molecule has 0 spiro atoms. The van der Waals surface area contributed by atoms with Crippen molar-refractivity contribution in [3.8, 4) is 11.5 Å². The molecule has 1 aromatic rings. The summed E-state index contributed by atoms with van der Waals surface area (Å²) in [6.07, 6.45) is 0.0582. The van der Waals surface area contributed by atoms with Crippen LogP contribution in [0.1, 0.15) is 55.5 Å². The Bertz CT molecular complexity index is 818. The first kappa shape index (κ1) is 23.5. The number of phenolic OH excluding ortho intramolecular Hbond substituents is 1. The predicted octanol–water partition coefficient (Wildman–Crippen LogP) is 2.00. The molecule has 0 bridgehead atoms. The number of benzene rings is 1. The van der Waals surface area contributed by atoms with E-state index in [1.54, 1.807) is 27.0 Å². The second-order valence-electron chi connectivity index (χ2n) is 7.58. The molecule has 8 nitrogen and oxygen atoms in total. The van der Waals surface area contributed by atoms with E-state index in [-0.39, 0.29) is 42.9 Å². The Morgan fingerprint density at radius 2 is 1.80 bits per heavy atom. The number of aromatic hydroxyl groups is 1. The minimum atomic E-state index is -0.976. The van der Waals surface area contributed by atoms with Crippen molar-refractivity contribution in [2.45, 2.75) is 52.1 Å². The third-order valence-electron chi connectivity index (χ3n) is 5.28. The van der Waals surface area contributed by atoms with Gasteiger partial charge in [-0.1, -0.05) is 6.92 Å². The fraction of sp³-hybridized carbons (Fsp3) is 0.545. The highest BCUT2D eigenvalue weighted by Gasteiger charge is 2.27. The molecule has 1 aliphatic rings. The van der Waals surface area contributed by atoms with Crippen LogP contribution in [0.2, 0.25) is 0 Å². The number of ketones is 3. The van der Waals surface area contributed by atoms with Gasteiger partial charge in [-0.15, -0.1) is 0 Å². The zero-order chi connectivity index (χ0) is 22.3. The Morgan fingerprint density at radius 1 is 1.10 bits per heavy atom. The molecule has 0 aliphatic carbocycles. The maximum absolute atomic E-state index is 12.8. The van der Waals surface area contributed by atoms with Crippen LogP contribution in [0.4, 0.5) is 0 Å². The summed E-state index contributed by atoms with van der Waals surface area (Å²) in [4.78, 5) is 48.9. The molecule has 0 saturated heterocycles. The number of Topliss-reactive ketones (excluding diaryl/α,β-unsaturated/α-hetero) is 3. The van der Waals surface area contributed by atoms with Crippen molar-refractivity contribution in [3.05, 3.63) is 23.3 Å². The molecule has 30 heavy (non-hydrogen) atoms. The van der Waals surface area contributed by atoms with E-state index in [1.807, 2.05) is 0 Å². The van der Waals surface area contributed by atoms with Gasteiger partial charge in [-0.2, -0.15) is 0 Å². The average molecular weight is 419 g/mol. The summed E-state index contributed by atoms with van der Waals surface area (Å²) in [7, 11) is 1.78. The van der Waals surface area contributed by atoms with Gasteiger partial charge in [0.25, 0.3) is 5.78 Å². The van der Waals surface area contributed by atoms with Gasteiger partial charge in [0.05, 0.1) is 0 Å². The standard InChI is InChI=1S/C22H29NO7/c1-13-7-8-18(25)21(27)17(24)6-4-5-15-11-16(29-10-9-23-3)12-19(26)20(15)22(28)30-14(13)2/h11-14,23,26H,4-10H2,1-3H3/t13-,14-/m0/s1. The maximum atomic E-state index is 12.8. The van der Waals surface area contributed by atoms with E-state index >= 15 is 0 Å². The SMILES string of the molecule is CNCCOc1cc(O)c2c(c1)CCCC(=O)C(=O)C(=O)CC[C@H](C)[C@H](C)OC2=O. The Labute approximate surface area is 175 Å². The van der Waals surface area contributed by atoms with Gasteiger partial charge in [0, 0.05) is 25.5 Å². The first-order chi connectivity index (χ1) is 14.2. The number of carbonyl (C=O) groups is 4. The van der Waals surface area contributed by atoms with Crippen LogP contribution >= 0.6 is 0 Å². The van der Waals surface area contributed by atoms with Crippen LogP contribution < -0.4 is 10.1 Å². The van der Waals surface area contributed by atoms with Gasteiger partial charge in [0.15, 0.2) is 0 Å². The molecule has 0 unspecified atom stereocenters. The molecule has 0 aromatic heterocycles. The monoisotopic (exact) mass is 419 g/mol. The van der Waals surface area contributed by atoms with Crippen molar-refractivity contribution >= 4 is 23.3 Å². The van der Waals surface area contributed by atoms with Crippen LogP contribution in [0, 0.1) is 5.92 Å². The van der Waals surface area contributed by atoms with Crippen molar-refractivity contribution < 1.29 is 33.8 Å². The van der Waals surface area contributed by atoms with Crippen molar-refractivity contribution in [1.82, 2.24) is 5.32 Å². The second kappa shape index (κ2) is 10.9. The molecular formula is C22H29NO7. The zero-order valence-corrected chi connectivity index (χ0v) is 17.7. The number of esters is 1. The zero-order valence-electron chi connectivity index (χ0n) is 17.7. The third-order valence-corrected chi connectivity index (χ3v) is 5.28. The Hall–Kier alpha value is -2.74. The molecule has 1 aromatic carbocycles. The van der Waals surface area contributed by atoms with E-state index in [0.717, 1.165) is 0 Å². The second-order valence-corrected chi connectivity index (χ2v) is 7.58. The molecule has 0 fully saturated rings. The van der Waals surface area contributed by atoms with Crippen molar-refractivity contribution in [2.24, 2.45) is 5.92 Å². The molecule has 0 saturated carbocycles. The van der Waals surface area contributed by atoms with Crippen molar-refractivity contribution in [3.63, 3.8) is 0 Å². The van der Waals surface area contributed by atoms with Crippen LogP contribution in [-0.2, 0) is 25.5 Å². The number of cyclic esters (lactones) is 1. The molecule has 1 aliphatic heterocycles. The van der Waals surface area contributed by atoms with Gasteiger partial charge in [-0.25, -0.2) is 4.79 Å². The summed E-state index contributed by atoms with van der Waals surface area (Å²) in [6.45, 7) is 4.45. The van der Waals surface area contributed by atoms with Crippen molar-refractivity contribution in [2.75, 3.05) is 20.2 Å². The first-order valence-corrected chi connectivity index (χ1v) is 10.2. The highest BCUT2D eigenvalue weighted by atomic mass is 16.5. The number of aryl methyl sites for hydroxylation is 1. The number of fused-ring (bicyclic) bond motifs is 1. The Balaban J connectivity index is 2.35. The molecule has 0 radical (unpaired) electrons. The summed E-state index contributed by atoms with van der Waals surface area (Å²) >= 11 is 0. The summed E-state index contributed by atoms with van der Waals surface area (Å²) in [5.41, 5.74) is 0.491. The number of rotatable bonds is 4. The molecule has 164 valence electrons. The summed E-state index contributed by atoms with van der Waals surface area (Å²) in [6, 6.07) is 2.99. The fourth-order valence-electron chi connectivity index (χ4n) is 3.20. The van der Waals surface area contributed by atoms with Crippen molar-refractivity contribution in [1.29, 1.82) is 0 Å². The average Bonchev–Trinajstić information content (AvgIpc) is 2.70. The van der Waals surface area contributed by atoms with Gasteiger partial charge in [-0.3, -0.25) is 14.4 Å². The number of ether oxygens (including phenoxy) is 2. The topological polar surface area (TPSA) is 119 Å². The van der Waals surface area contributed by atoms with Crippen LogP contribution in [0.25, 0.3) is 0 Å². The number of nitrogens with one attached hydrogen (secondary N) is 1. The number of phenols is 1. The maximum Gasteiger partial charge on any atom is 0.342 e. The fourth-order valence-corrected chi connectivity index (χ4v) is 3.20. The minimum absolute atomic E-state index is 0.0296. The van der Waals surface area contributed by atoms with E-state index in [2.05, 4.69) is 5.32 Å². The third kappa shape index (κ3) is 6.13. The summed E-state index contributed by atoms with van der Waals surface area (Å²) < 4.78 is 11.1. The highest BCUT2D eigenvalue weighted by Crippen LogP contribution is 2.31. The first-order valence-electron chi connectivity index (χ1n) is 10.2. The molecule has 2 atom stereocenters. The molecule has 2 N–H and O–H groups in total. The Kier molecular flexibility index (Phi) is 8.53. The molecule has 2 rings (SSSR count). The van der Waals surface area contributed by atoms with Gasteiger partial charge in [-0.05, 0) is 50.8 Å². The van der Waals surface area contributed by atoms with Crippen LogP contribution in [0.5, 0.6) is 11.5 Å². The van der Waals surface area contributed by atoms with Gasteiger partial charge in [0.2, 0.25) is 11.6 Å². The lowest BCUT2D eigenvalue weighted by atomic mass is 9.94. The van der Waals surface area contributed by atoms with Crippen LogP contribution in [-0.4, -0.2) is 54.7 Å². The van der Waals surface area contributed by atoms with Gasteiger partial charge < -0.3 is 19.9 Å². The normalized spacial score (nSPS) is 21.6. The molecule has 0 amide bonds. The summed E-state index contributed by atoms with van der Waals surface area (Å²) in [5, 5.41) is 13.4. The lowest BCUT2D eigenvalue weighted by Gasteiger charge is -2.22. The van der Waals surface area contributed by atoms with Gasteiger partial charge >= 0.3 is 5.97 Å².